The third kappa shape index (κ3) is 4.46. The molecule has 4 heteroatoms. The number of hydrogen-bond acceptors (Lipinski definition) is 3. The maximum atomic E-state index is 10.9. The topological polar surface area (TPSA) is 72.6 Å². The van der Waals surface area contributed by atoms with Crippen molar-refractivity contribution in [1.82, 2.24) is 0 Å². The molecule has 3 N–H and O–H groups in total. The Morgan fingerprint density at radius 3 is 1.92 bits per heavy atom. The lowest BCUT2D eigenvalue weighted by Gasteiger charge is -2.10. The molecule has 0 amide bonds. The van der Waals surface area contributed by atoms with Crippen molar-refractivity contribution in [2.75, 3.05) is 0 Å². The molecule has 4 nitrogen and oxygen atoms in total. The smallest absolute Gasteiger partial charge is 0.325 e. The average molecular weight is 333 g/mol. The molecule has 0 aliphatic rings. The van der Waals surface area contributed by atoms with Crippen LogP contribution in [0.3, 0.4) is 0 Å². The highest BCUT2D eigenvalue weighted by Crippen LogP contribution is 2.24. The van der Waals surface area contributed by atoms with E-state index in [0.717, 1.165) is 12.2 Å². The minimum atomic E-state index is -1.05. The molecule has 0 bridgehead atoms. The molecule has 0 fully saturated rings. The van der Waals surface area contributed by atoms with E-state index in [9.17, 15) is 4.79 Å². The highest BCUT2D eigenvalue weighted by atomic mass is 16.5. The predicted octanol–water partition coefficient (Wildman–Crippen LogP) is 4.15. The van der Waals surface area contributed by atoms with Crippen LogP contribution < -0.4 is 10.5 Å². The van der Waals surface area contributed by atoms with E-state index in [4.69, 9.17) is 15.6 Å². The SMILES string of the molecule is N[C@@H](C(=O)O)c1ccc(Oc2ccc(Cc3ccccc3)cc2)cc1. The fourth-order valence-corrected chi connectivity index (χ4v) is 2.53. The summed E-state index contributed by atoms with van der Waals surface area (Å²) in [4.78, 5) is 10.9. The summed E-state index contributed by atoms with van der Waals surface area (Å²) in [5.41, 5.74) is 8.59. The number of rotatable bonds is 6. The van der Waals surface area contributed by atoms with Crippen molar-refractivity contribution < 1.29 is 14.6 Å². The third-order valence-corrected chi connectivity index (χ3v) is 3.92. The summed E-state index contributed by atoms with van der Waals surface area (Å²) in [6.07, 6.45) is 0.878. The monoisotopic (exact) mass is 333 g/mol. The third-order valence-electron chi connectivity index (χ3n) is 3.92. The second-order valence-corrected chi connectivity index (χ2v) is 5.79. The van der Waals surface area contributed by atoms with E-state index < -0.39 is 12.0 Å². The number of nitrogens with two attached hydrogens (primary N) is 1. The first-order valence-corrected chi connectivity index (χ1v) is 8.01. The molecule has 0 aromatic heterocycles. The van der Waals surface area contributed by atoms with Crippen molar-refractivity contribution in [2.45, 2.75) is 12.5 Å². The number of carboxylic acids is 1. The van der Waals surface area contributed by atoms with Crippen LogP contribution in [-0.4, -0.2) is 11.1 Å². The molecule has 0 aliphatic heterocycles. The van der Waals surface area contributed by atoms with Crippen molar-refractivity contribution in [3.8, 4) is 11.5 Å². The van der Waals surface area contributed by atoms with Gasteiger partial charge in [0.05, 0.1) is 0 Å². The van der Waals surface area contributed by atoms with E-state index in [1.165, 1.54) is 11.1 Å². The molecular formula is C21H19NO3. The highest BCUT2D eigenvalue weighted by Gasteiger charge is 2.13. The fraction of sp³-hybridized carbons (Fsp3) is 0.0952. The minimum Gasteiger partial charge on any atom is -0.480 e. The van der Waals surface area contributed by atoms with Crippen molar-refractivity contribution in [2.24, 2.45) is 5.73 Å². The Hall–Kier alpha value is -3.11. The number of benzene rings is 3. The Labute approximate surface area is 146 Å². The normalized spacial score (nSPS) is 11.7. The Morgan fingerprint density at radius 1 is 0.840 bits per heavy atom. The summed E-state index contributed by atoms with van der Waals surface area (Å²) in [7, 11) is 0. The zero-order valence-electron chi connectivity index (χ0n) is 13.6. The van der Waals surface area contributed by atoms with Gasteiger partial charge in [0.2, 0.25) is 0 Å². The van der Waals surface area contributed by atoms with Crippen molar-refractivity contribution in [1.29, 1.82) is 0 Å². The Bertz CT molecular complexity index is 827. The first kappa shape index (κ1) is 16.7. The van der Waals surface area contributed by atoms with Crippen LogP contribution >= 0.6 is 0 Å². The summed E-state index contributed by atoms with van der Waals surface area (Å²) in [5.74, 6) is 0.312. The molecule has 0 saturated heterocycles. The van der Waals surface area contributed by atoms with Gasteiger partial charge in [-0.2, -0.15) is 0 Å². The van der Waals surface area contributed by atoms with E-state index in [0.29, 0.717) is 11.3 Å². The molecule has 0 aliphatic carbocycles. The molecule has 0 spiro atoms. The van der Waals surface area contributed by atoms with E-state index in [-0.39, 0.29) is 0 Å². The lowest BCUT2D eigenvalue weighted by atomic mass is 10.1. The minimum absolute atomic E-state index is 0.540. The number of ether oxygens (including phenoxy) is 1. The van der Waals surface area contributed by atoms with Crippen LogP contribution in [0.2, 0.25) is 0 Å². The first-order chi connectivity index (χ1) is 12.1. The highest BCUT2D eigenvalue weighted by molar-refractivity contribution is 5.75. The van der Waals surface area contributed by atoms with Gasteiger partial charge in [0.15, 0.2) is 0 Å². The molecule has 0 radical (unpaired) electrons. The van der Waals surface area contributed by atoms with E-state index in [2.05, 4.69) is 12.1 Å². The average Bonchev–Trinajstić information content (AvgIpc) is 2.64. The van der Waals surface area contributed by atoms with Gasteiger partial charge in [0.1, 0.15) is 17.5 Å². The quantitative estimate of drug-likeness (QED) is 0.710. The second kappa shape index (κ2) is 7.64. The van der Waals surface area contributed by atoms with Crippen LogP contribution in [0, 0.1) is 0 Å². The zero-order valence-corrected chi connectivity index (χ0v) is 13.6. The van der Waals surface area contributed by atoms with Gasteiger partial charge in [0, 0.05) is 0 Å². The Morgan fingerprint density at radius 2 is 1.36 bits per heavy atom. The van der Waals surface area contributed by atoms with Crippen molar-refractivity contribution in [3.63, 3.8) is 0 Å². The van der Waals surface area contributed by atoms with Crippen LogP contribution in [0.5, 0.6) is 11.5 Å². The molecule has 0 heterocycles. The van der Waals surface area contributed by atoms with Crippen LogP contribution in [0.25, 0.3) is 0 Å². The lowest BCUT2D eigenvalue weighted by molar-refractivity contribution is -0.138. The molecule has 1 atom stereocenters. The largest absolute Gasteiger partial charge is 0.480 e. The van der Waals surface area contributed by atoms with Gasteiger partial charge in [0.25, 0.3) is 0 Å². The molecule has 25 heavy (non-hydrogen) atoms. The van der Waals surface area contributed by atoms with Gasteiger partial charge in [-0.15, -0.1) is 0 Å². The number of aliphatic carboxylic acids is 1. The van der Waals surface area contributed by atoms with Crippen molar-refractivity contribution in [3.05, 3.63) is 95.6 Å². The van der Waals surface area contributed by atoms with Gasteiger partial charge in [-0.1, -0.05) is 54.6 Å². The Kier molecular flexibility index (Phi) is 5.11. The molecule has 3 aromatic carbocycles. The molecule has 0 unspecified atom stereocenters. The Balaban J connectivity index is 1.64. The number of carbonyl (C=O) groups is 1. The maximum absolute atomic E-state index is 10.9. The molecular weight excluding hydrogens is 314 g/mol. The lowest BCUT2D eigenvalue weighted by Crippen LogP contribution is -2.20. The molecule has 3 rings (SSSR count). The summed E-state index contributed by atoms with van der Waals surface area (Å²) in [6.45, 7) is 0. The van der Waals surface area contributed by atoms with E-state index in [1.54, 1.807) is 24.3 Å². The summed E-state index contributed by atoms with van der Waals surface area (Å²) in [5, 5.41) is 8.92. The predicted molar refractivity (Wildman–Crippen MR) is 96.8 cm³/mol. The van der Waals surface area contributed by atoms with Crippen LogP contribution in [0.4, 0.5) is 0 Å². The van der Waals surface area contributed by atoms with E-state index >= 15 is 0 Å². The zero-order chi connectivity index (χ0) is 17.6. The molecule has 126 valence electrons. The van der Waals surface area contributed by atoms with Crippen LogP contribution in [0.1, 0.15) is 22.7 Å². The molecule has 3 aromatic rings. The van der Waals surface area contributed by atoms with Gasteiger partial charge in [-0.25, -0.2) is 0 Å². The summed E-state index contributed by atoms with van der Waals surface area (Å²) >= 11 is 0. The second-order valence-electron chi connectivity index (χ2n) is 5.79. The van der Waals surface area contributed by atoms with Crippen LogP contribution in [-0.2, 0) is 11.2 Å². The number of hydrogen-bond donors (Lipinski definition) is 2. The van der Waals surface area contributed by atoms with Crippen LogP contribution in [0.15, 0.2) is 78.9 Å². The van der Waals surface area contributed by atoms with Gasteiger partial charge >= 0.3 is 5.97 Å². The summed E-state index contributed by atoms with van der Waals surface area (Å²) < 4.78 is 5.79. The van der Waals surface area contributed by atoms with Crippen molar-refractivity contribution >= 4 is 5.97 Å². The maximum Gasteiger partial charge on any atom is 0.325 e. The molecule has 0 saturated carbocycles. The first-order valence-electron chi connectivity index (χ1n) is 8.01. The van der Waals surface area contributed by atoms with Gasteiger partial charge in [-0.05, 0) is 47.4 Å². The fourth-order valence-electron chi connectivity index (χ4n) is 2.53. The standard InChI is InChI=1S/C21H19NO3/c22-20(21(23)24)17-8-12-19(13-9-17)25-18-10-6-16(7-11-18)14-15-4-2-1-3-5-15/h1-13,20H,14,22H2,(H,23,24)/t20-/m1/s1. The summed E-state index contributed by atoms with van der Waals surface area (Å²) in [6, 6.07) is 24.0. The van der Waals surface area contributed by atoms with Gasteiger partial charge < -0.3 is 15.6 Å². The van der Waals surface area contributed by atoms with Gasteiger partial charge in [-0.3, -0.25) is 4.79 Å². The number of carboxylic acid groups (broad SMARTS) is 1. The van der Waals surface area contributed by atoms with E-state index in [1.807, 2.05) is 42.5 Å².